The largest absolute Gasteiger partial charge is 0.322 e. The van der Waals surface area contributed by atoms with Gasteiger partial charge in [0.15, 0.2) is 0 Å². The zero-order chi connectivity index (χ0) is 18.9. The molecule has 0 spiro atoms. The van der Waals surface area contributed by atoms with E-state index in [9.17, 15) is 14.4 Å². The molecule has 2 unspecified atom stereocenters. The van der Waals surface area contributed by atoms with Crippen LogP contribution < -0.4 is 5.32 Å². The second-order valence-electron chi connectivity index (χ2n) is 7.74. The van der Waals surface area contributed by atoms with Crippen molar-refractivity contribution in [3.05, 3.63) is 47.5 Å². The fraction of sp³-hybridized carbons (Fsp3) is 0.476. The zero-order valence-electron chi connectivity index (χ0n) is 15.5. The van der Waals surface area contributed by atoms with E-state index in [0.29, 0.717) is 31.4 Å². The summed E-state index contributed by atoms with van der Waals surface area (Å²) in [5.74, 6) is -0.731. The second kappa shape index (κ2) is 7.06. The van der Waals surface area contributed by atoms with E-state index in [4.69, 9.17) is 0 Å². The summed E-state index contributed by atoms with van der Waals surface area (Å²) in [6, 6.07) is 5.07. The Morgan fingerprint density at radius 3 is 2.81 bits per heavy atom. The van der Waals surface area contributed by atoms with Crippen LogP contribution in [0.25, 0.3) is 0 Å². The van der Waals surface area contributed by atoms with Crippen LogP contribution in [0.2, 0.25) is 0 Å². The number of hydrogen-bond donors (Lipinski definition) is 1. The number of benzene rings is 1. The molecule has 1 saturated heterocycles. The molecule has 3 rings (SSSR count). The van der Waals surface area contributed by atoms with Crippen molar-refractivity contribution < 1.29 is 14.4 Å². The van der Waals surface area contributed by atoms with Crippen molar-refractivity contribution in [2.24, 2.45) is 5.41 Å². The van der Waals surface area contributed by atoms with Crippen LogP contribution in [0.5, 0.6) is 0 Å². The van der Waals surface area contributed by atoms with Crippen LogP contribution in [-0.2, 0) is 22.6 Å². The normalized spacial score (nSPS) is 25.7. The fourth-order valence-electron chi connectivity index (χ4n) is 4.35. The minimum Gasteiger partial charge on any atom is -0.322 e. The van der Waals surface area contributed by atoms with E-state index >= 15 is 0 Å². The third-order valence-corrected chi connectivity index (χ3v) is 5.53. The molecule has 26 heavy (non-hydrogen) atoms. The van der Waals surface area contributed by atoms with Gasteiger partial charge in [-0.25, -0.2) is 0 Å². The molecule has 2 atom stereocenters. The van der Waals surface area contributed by atoms with Gasteiger partial charge in [0.1, 0.15) is 6.04 Å². The van der Waals surface area contributed by atoms with Gasteiger partial charge in [0.25, 0.3) is 5.91 Å². The third kappa shape index (κ3) is 3.30. The molecule has 0 aromatic heterocycles. The van der Waals surface area contributed by atoms with Crippen molar-refractivity contribution in [2.45, 2.75) is 58.5 Å². The van der Waals surface area contributed by atoms with Gasteiger partial charge in [-0.2, -0.15) is 0 Å². The first-order valence-electron chi connectivity index (χ1n) is 9.25. The lowest BCUT2D eigenvalue weighted by Crippen LogP contribution is -2.47. The molecule has 1 aromatic carbocycles. The monoisotopic (exact) mass is 354 g/mol. The molecular weight excluding hydrogens is 328 g/mol. The Morgan fingerprint density at radius 1 is 1.35 bits per heavy atom. The number of hydrogen-bond acceptors (Lipinski definition) is 3. The average Bonchev–Trinajstić information content (AvgIpc) is 2.85. The fourth-order valence-corrected chi connectivity index (χ4v) is 4.35. The first-order valence-corrected chi connectivity index (χ1v) is 9.25. The predicted molar refractivity (Wildman–Crippen MR) is 99.4 cm³/mol. The number of fused-ring (bicyclic) bond motifs is 1. The highest BCUT2D eigenvalue weighted by molar-refractivity contribution is 6.04. The molecule has 5 nitrogen and oxygen atoms in total. The van der Waals surface area contributed by atoms with Crippen molar-refractivity contribution in [1.82, 2.24) is 10.2 Å². The van der Waals surface area contributed by atoms with Gasteiger partial charge in [-0.05, 0) is 41.9 Å². The number of nitrogens with one attached hydrogen (secondary N) is 1. The van der Waals surface area contributed by atoms with E-state index in [1.807, 2.05) is 31.2 Å². The summed E-state index contributed by atoms with van der Waals surface area (Å²) < 4.78 is 0. The molecule has 1 fully saturated rings. The molecule has 0 saturated carbocycles. The summed E-state index contributed by atoms with van der Waals surface area (Å²) in [4.78, 5) is 39.4. The highest BCUT2D eigenvalue weighted by atomic mass is 16.2. The van der Waals surface area contributed by atoms with Crippen molar-refractivity contribution >= 4 is 17.7 Å². The molecule has 5 heteroatoms. The van der Waals surface area contributed by atoms with Crippen molar-refractivity contribution in [2.75, 3.05) is 0 Å². The van der Waals surface area contributed by atoms with Crippen LogP contribution in [0.15, 0.2) is 30.9 Å². The molecule has 2 aliphatic rings. The number of allylic oxidation sites excluding steroid dienone is 1. The highest BCUT2D eigenvalue weighted by Crippen LogP contribution is 2.38. The summed E-state index contributed by atoms with van der Waals surface area (Å²) in [5, 5.41) is 2.48. The second-order valence-corrected chi connectivity index (χ2v) is 7.74. The van der Waals surface area contributed by atoms with E-state index in [1.54, 1.807) is 4.90 Å². The van der Waals surface area contributed by atoms with Crippen molar-refractivity contribution in [3.63, 3.8) is 0 Å². The lowest BCUT2D eigenvalue weighted by molar-refractivity contribution is -0.132. The molecule has 1 aromatic rings. The molecule has 2 heterocycles. The van der Waals surface area contributed by atoms with Crippen LogP contribution in [-0.4, -0.2) is 28.7 Å². The number of carbonyl (C=O) groups excluding carboxylic acids is 3. The number of carbonyl (C=O) groups is 3. The number of imide groups is 1. The first-order chi connectivity index (χ1) is 12.4. The lowest BCUT2D eigenvalue weighted by Gasteiger charge is -2.33. The summed E-state index contributed by atoms with van der Waals surface area (Å²) in [5.41, 5.74) is 2.41. The Hall–Kier alpha value is -2.43. The van der Waals surface area contributed by atoms with Gasteiger partial charge >= 0.3 is 0 Å². The van der Waals surface area contributed by atoms with Crippen LogP contribution in [0.4, 0.5) is 0 Å². The summed E-state index contributed by atoms with van der Waals surface area (Å²) in [7, 11) is 0. The minimum atomic E-state index is -0.616. The molecule has 0 aliphatic carbocycles. The van der Waals surface area contributed by atoms with Gasteiger partial charge in [0.05, 0.1) is 0 Å². The summed E-state index contributed by atoms with van der Waals surface area (Å²) in [6.45, 7) is 8.30. The van der Waals surface area contributed by atoms with Gasteiger partial charge in [-0.3, -0.25) is 19.7 Å². The van der Waals surface area contributed by atoms with Gasteiger partial charge in [-0.1, -0.05) is 38.5 Å². The van der Waals surface area contributed by atoms with Gasteiger partial charge < -0.3 is 4.90 Å². The van der Waals surface area contributed by atoms with E-state index in [0.717, 1.165) is 24.0 Å². The van der Waals surface area contributed by atoms with E-state index in [1.165, 1.54) is 0 Å². The smallest absolute Gasteiger partial charge is 0.255 e. The average molecular weight is 354 g/mol. The highest BCUT2D eigenvalue weighted by Gasteiger charge is 2.44. The van der Waals surface area contributed by atoms with Crippen LogP contribution >= 0.6 is 0 Å². The van der Waals surface area contributed by atoms with Crippen LogP contribution in [0.1, 0.15) is 61.0 Å². The molecule has 0 radical (unpaired) electrons. The van der Waals surface area contributed by atoms with E-state index < -0.39 is 6.04 Å². The Bertz CT molecular complexity index is 771. The molecule has 3 amide bonds. The maximum Gasteiger partial charge on any atom is 0.255 e. The Balaban J connectivity index is 1.93. The third-order valence-electron chi connectivity index (χ3n) is 5.53. The van der Waals surface area contributed by atoms with E-state index in [-0.39, 0.29) is 23.1 Å². The number of rotatable bonds is 5. The maximum atomic E-state index is 13.0. The maximum absolute atomic E-state index is 13.0. The molecular formula is C21H26N2O3. The predicted octanol–water partition coefficient (Wildman–Crippen LogP) is 2.98. The van der Waals surface area contributed by atoms with Gasteiger partial charge in [-0.15, -0.1) is 6.58 Å². The van der Waals surface area contributed by atoms with Gasteiger partial charge in [0.2, 0.25) is 11.8 Å². The Labute approximate surface area is 154 Å². The molecule has 1 N–H and O–H groups in total. The van der Waals surface area contributed by atoms with E-state index in [2.05, 4.69) is 18.8 Å². The zero-order valence-corrected chi connectivity index (χ0v) is 15.5. The van der Waals surface area contributed by atoms with Crippen molar-refractivity contribution in [1.29, 1.82) is 0 Å². The quantitative estimate of drug-likeness (QED) is 0.653. The topological polar surface area (TPSA) is 66.5 Å². The molecule has 0 bridgehead atoms. The Kier molecular flexibility index (Phi) is 4.99. The summed E-state index contributed by atoms with van der Waals surface area (Å²) in [6.07, 6.45) is 5.11. The first kappa shape index (κ1) is 18.4. The number of nitrogens with zero attached hydrogens (tertiary/aromatic N) is 1. The SMILES string of the molecule is C=CCc1cccc2c1CN(C1CC(C)(CCC)CC(=O)NC1=O)C2=O. The molecule has 2 aliphatic heterocycles. The van der Waals surface area contributed by atoms with Gasteiger partial charge in [0, 0.05) is 18.5 Å². The van der Waals surface area contributed by atoms with Crippen LogP contribution in [0.3, 0.4) is 0 Å². The van der Waals surface area contributed by atoms with Crippen LogP contribution in [0, 0.1) is 5.41 Å². The Morgan fingerprint density at radius 2 is 2.12 bits per heavy atom. The van der Waals surface area contributed by atoms with Crippen molar-refractivity contribution in [3.8, 4) is 0 Å². The molecule has 138 valence electrons. The number of amides is 3. The standard InChI is InChI=1S/C21H26N2O3/c1-4-7-14-8-6-9-15-16(14)13-23(20(15)26)17-11-21(3,10-5-2)12-18(24)22-19(17)25/h4,6,8-9,17H,1,5,7,10-13H2,2-3H3,(H,22,24,25). The lowest BCUT2D eigenvalue weighted by atomic mass is 9.77. The summed E-state index contributed by atoms with van der Waals surface area (Å²) >= 11 is 0. The minimum absolute atomic E-state index is 0.126.